The molecule has 2 aromatic carbocycles. The number of benzene rings is 2. The predicted molar refractivity (Wildman–Crippen MR) is 88.2 cm³/mol. The first kappa shape index (κ1) is 14.1. The van der Waals surface area contributed by atoms with Gasteiger partial charge in [-0.25, -0.2) is 0 Å². The van der Waals surface area contributed by atoms with Gasteiger partial charge in [-0.15, -0.1) is 0 Å². The summed E-state index contributed by atoms with van der Waals surface area (Å²) in [5.74, 6) is 0.0648. The van der Waals surface area contributed by atoms with Crippen LogP contribution in [0.25, 0.3) is 0 Å². The van der Waals surface area contributed by atoms with Gasteiger partial charge in [-0.3, -0.25) is 4.79 Å². The lowest BCUT2D eigenvalue weighted by Gasteiger charge is -2.30. The van der Waals surface area contributed by atoms with Gasteiger partial charge in [0.1, 0.15) is 0 Å². The number of carbonyl (C=O) groups excluding carboxylic acids is 1. The number of hydrogen-bond donors (Lipinski definition) is 1. The Balaban J connectivity index is 1.87. The van der Waals surface area contributed by atoms with Crippen molar-refractivity contribution in [2.45, 2.75) is 19.9 Å². The van der Waals surface area contributed by atoms with Gasteiger partial charge in [0.05, 0.1) is 5.56 Å². The summed E-state index contributed by atoms with van der Waals surface area (Å²) in [7, 11) is 0. The van der Waals surface area contributed by atoms with E-state index in [-0.39, 0.29) is 5.91 Å². The molecule has 0 fully saturated rings. The van der Waals surface area contributed by atoms with Gasteiger partial charge in [0.25, 0.3) is 5.91 Å². The number of anilines is 1. The average molecular weight is 345 g/mol. The number of carbonyl (C=O) groups is 1. The lowest BCUT2D eigenvalue weighted by atomic mass is 9.97. The van der Waals surface area contributed by atoms with Crippen molar-refractivity contribution in [3.05, 3.63) is 63.1 Å². The van der Waals surface area contributed by atoms with Crippen LogP contribution in [-0.4, -0.2) is 17.4 Å². The fourth-order valence-corrected chi connectivity index (χ4v) is 3.44. The standard InChI is InChI=1S/C17H17BrN2O/c1-11-5-6-14(15(18)9-11)17(21)20-8-7-13-12(10-20)3-2-4-16(13)19/h2-6,9H,7-8,10,19H2,1H3. The Kier molecular flexibility index (Phi) is 3.72. The Bertz CT molecular complexity index is 712. The molecule has 21 heavy (non-hydrogen) atoms. The maximum atomic E-state index is 12.7. The number of aryl methyl sites for hydroxylation is 1. The van der Waals surface area contributed by atoms with E-state index in [4.69, 9.17) is 5.73 Å². The number of rotatable bonds is 1. The van der Waals surface area contributed by atoms with E-state index in [1.807, 2.05) is 42.2 Å². The molecule has 108 valence electrons. The largest absolute Gasteiger partial charge is 0.398 e. The topological polar surface area (TPSA) is 46.3 Å². The van der Waals surface area contributed by atoms with Crippen molar-refractivity contribution >= 4 is 27.5 Å². The molecule has 1 aliphatic rings. The van der Waals surface area contributed by atoms with E-state index in [1.165, 1.54) is 5.56 Å². The zero-order chi connectivity index (χ0) is 15.0. The maximum absolute atomic E-state index is 12.7. The maximum Gasteiger partial charge on any atom is 0.255 e. The summed E-state index contributed by atoms with van der Waals surface area (Å²) in [6.45, 7) is 3.35. The van der Waals surface area contributed by atoms with Crippen LogP contribution in [0.2, 0.25) is 0 Å². The first-order valence-electron chi connectivity index (χ1n) is 6.98. The second-order valence-electron chi connectivity index (χ2n) is 5.44. The van der Waals surface area contributed by atoms with Crippen LogP contribution in [0.3, 0.4) is 0 Å². The molecule has 1 heterocycles. The molecule has 2 aromatic rings. The van der Waals surface area contributed by atoms with Crippen LogP contribution in [-0.2, 0) is 13.0 Å². The van der Waals surface area contributed by atoms with E-state index in [2.05, 4.69) is 22.0 Å². The zero-order valence-electron chi connectivity index (χ0n) is 11.9. The molecule has 1 amide bonds. The summed E-state index contributed by atoms with van der Waals surface area (Å²) < 4.78 is 0.853. The van der Waals surface area contributed by atoms with Crippen molar-refractivity contribution in [3.63, 3.8) is 0 Å². The molecular weight excluding hydrogens is 328 g/mol. The molecule has 0 unspecified atom stereocenters. The van der Waals surface area contributed by atoms with Crippen LogP contribution in [0, 0.1) is 6.92 Å². The van der Waals surface area contributed by atoms with Gasteiger partial charge in [0, 0.05) is 23.2 Å². The third-order valence-electron chi connectivity index (χ3n) is 3.94. The highest BCUT2D eigenvalue weighted by Gasteiger charge is 2.23. The first-order chi connectivity index (χ1) is 10.1. The number of nitrogens with zero attached hydrogens (tertiary/aromatic N) is 1. The van der Waals surface area contributed by atoms with Gasteiger partial charge in [-0.05, 0) is 64.2 Å². The second kappa shape index (κ2) is 5.53. The zero-order valence-corrected chi connectivity index (χ0v) is 13.5. The molecule has 2 N–H and O–H groups in total. The summed E-state index contributed by atoms with van der Waals surface area (Å²) in [6, 6.07) is 11.7. The Morgan fingerprint density at radius 1 is 1.29 bits per heavy atom. The summed E-state index contributed by atoms with van der Waals surface area (Å²) in [4.78, 5) is 14.6. The van der Waals surface area contributed by atoms with Crippen LogP contribution in [0.4, 0.5) is 5.69 Å². The van der Waals surface area contributed by atoms with Gasteiger partial charge in [-0.1, -0.05) is 18.2 Å². The molecule has 0 saturated carbocycles. The normalized spacial score (nSPS) is 13.9. The van der Waals surface area contributed by atoms with Crippen molar-refractivity contribution in [1.29, 1.82) is 0 Å². The smallest absolute Gasteiger partial charge is 0.255 e. The number of halogens is 1. The third-order valence-corrected chi connectivity index (χ3v) is 4.60. The van der Waals surface area contributed by atoms with E-state index in [0.717, 1.165) is 27.7 Å². The molecule has 0 saturated heterocycles. The molecule has 1 aliphatic heterocycles. The van der Waals surface area contributed by atoms with Crippen LogP contribution >= 0.6 is 15.9 Å². The Morgan fingerprint density at radius 2 is 2.10 bits per heavy atom. The highest BCUT2D eigenvalue weighted by atomic mass is 79.9. The monoisotopic (exact) mass is 344 g/mol. The van der Waals surface area contributed by atoms with Gasteiger partial charge < -0.3 is 10.6 Å². The van der Waals surface area contributed by atoms with E-state index in [9.17, 15) is 4.79 Å². The highest BCUT2D eigenvalue weighted by molar-refractivity contribution is 9.10. The Hall–Kier alpha value is -1.81. The van der Waals surface area contributed by atoms with Crippen molar-refractivity contribution < 1.29 is 4.79 Å². The molecule has 0 atom stereocenters. The lowest BCUT2D eigenvalue weighted by Crippen LogP contribution is -2.36. The summed E-state index contributed by atoms with van der Waals surface area (Å²) >= 11 is 3.49. The number of fused-ring (bicyclic) bond motifs is 1. The Labute approximate surface area is 132 Å². The summed E-state index contributed by atoms with van der Waals surface area (Å²) in [5.41, 5.74) is 11.0. The first-order valence-corrected chi connectivity index (χ1v) is 7.77. The van der Waals surface area contributed by atoms with Crippen molar-refractivity contribution in [3.8, 4) is 0 Å². The molecule has 3 rings (SSSR count). The Morgan fingerprint density at radius 3 is 2.86 bits per heavy atom. The van der Waals surface area contributed by atoms with Crippen molar-refractivity contribution in [2.24, 2.45) is 0 Å². The average Bonchev–Trinajstić information content (AvgIpc) is 2.46. The van der Waals surface area contributed by atoms with Crippen molar-refractivity contribution in [2.75, 3.05) is 12.3 Å². The van der Waals surface area contributed by atoms with Gasteiger partial charge in [-0.2, -0.15) is 0 Å². The molecule has 0 bridgehead atoms. The van der Waals surface area contributed by atoms with Crippen LogP contribution in [0.5, 0.6) is 0 Å². The number of nitrogens with two attached hydrogens (primary N) is 1. The number of amides is 1. The SMILES string of the molecule is Cc1ccc(C(=O)N2CCc3c(N)cccc3C2)c(Br)c1. The van der Waals surface area contributed by atoms with Gasteiger partial charge in [0.2, 0.25) is 0 Å². The highest BCUT2D eigenvalue weighted by Crippen LogP contribution is 2.27. The van der Waals surface area contributed by atoms with Crippen molar-refractivity contribution in [1.82, 2.24) is 4.90 Å². The minimum Gasteiger partial charge on any atom is -0.398 e. The van der Waals surface area contributed by atoms with E-state index < -0.39 is 0 Å². The second-order valence-corrected chi connectivity index (χ2v) is 6.30. The lowest BCUT2D eigenvalue weighted by molar-refractivity contribution is 0.0734. The predicted octanol–water partition coefficient (Wildman–Crippen LogP) is 3.54. The summed E-state index contributed by atoms with van der Waals surface area (Å²) in [6.07, 6.45) is 0.817. The van der Waals surface area contributed by atoms with Crippen LogP contribution in [0.15, 0.2) is 40.9 Å². The van der Waals surface area contributed by atoms with Gasteiger partial charge >= 0.3 is 0 Å². The molecule has 3 nitrogen and oxygen atoms in total. The minimum absolute atomic E-state index is 0.0648. The van der Waals surface area contributed by atoms with E-state index in [1.54, 1.807) is 0 Å². The summed E-state index contributed by atoms with van der Waals surface area (Å²) in [5, 5.41) is 0. The van der Waals surface area contributed by atoms with E-state index in [0.29, 0.717) is 18.7 Å². The minimum atomic E-state index is 0.0648. The fourth-order valence-electron chi connectivity index (χ4n) is 2.78. The molecule has 4 heteroatoms. The van der Waals surface area contributed by atoms with Gasteiger partial charge in [0.15, 0.2) is 0 Å². The number of hydrogen-bond acceptors (Lipinski definition) is 2. The molecule has 0 spiro atoms. The fraction of sp³-hybridized carbons (Fsp3) is 0.235. The quantitative estimate of drug-likeness (QED) is 0.804. The molecule has 0 aliphatic carbocycles. The molecule has 0 aromatic heterocycles. The van der Waals surface area contributed by atoms with Crippen LogP contribution < -0.4 is 5.73 Å². The molecular formula is C17H17BrN2O. The van der Waals surface area contributed by atoms with Crippen LogP contribution in [0.1, 0.15) is 27.0 Å². The molecule has 0 radical (unpaired) electrons. The van der Waals surface area contributed by atoms with E-state index >= 15 is 0 Å². The number of nitrogen functional groups attached to an aromatic ring is 1. The third kappa shape index (κ3) is 2.68.